The molecule has 0 aliphatic heterocycles. The molecule has 0 bridgehead atoms. The van der Waals surface area contributed by atoms with Crippen molar-refractivity contribution in [3.05, 3.63) is 0 Å². The number of nitrogens with one attached hydrogen (secondary N) is 1. The SMILES string of the molecule is CCCCCOC(=O)CNC. The van der Waals surface area contributed by atoms with Gasteiger partial charge in [-0.25, -0.2) is 0 Å². The van der Waals surface area contributed by atoms with Crippen molar-refractivity contribution in [1.29, 1.82) is 0 Å². The lowest BCUT2D eigenvalue weighted by Gasteiger charge is -2.02. The zero-order valence-corrected chi connectivity index (χ0v) is 7.35. The Morgan fingerprint density at radius 1 is 1.45 bits per heavy atom. The summed E-state index contributed by atoms with van der Waals surface area (Å²) >= 11 is 0. The first-order chi connectivity index (χ1) is 5.31. The van der Waals surface area contributed by atoms with Gasteiger partial charge >= 0.3 is 5.97 Å². The molecule has 0 fully saturated rings. The van der Waals surface area contributed by atoms with Crippen LogP contribution < -0.4 is 5.32 Å². The summed E-state index contributed by atoms with van der Waals surface area (Å²) in [6.07, 6.45) is 3.27. The van der Waals surface area contributed by atoms with Crippen LogP contribution in [-0.2, 0) is 9.53 Å². The number of unbranched alkanes of at least 4 members (excludes halogenated alkanes) is 2. The Morgan fingerprint density at radius 2 is 2.18 bits per heavy atom. The topological polar surface area (TPSA) is 38.3 Å². The van der Waals surface area contributed by atoms with Crippen LogP contribution in [0.15, 0.2) is 0 Å². The number of ether oxygens (including phenoxy) is 1. The van der Waals surface area contributed by atoms with Crippen molar-refractivity contribution in [3.8, 4) is 0 Å². The highest BCUT2D eigenvalue weighted by atomic mass is 16.5. The Labute approximate surface area is 68.1 Å². The van der Waals surface area contributed by atoms with Gasteiger partial charge in [0.1, 0.15) is 0 Å². The highest BCUT2D eigenvalue weighted by Gasteiger charge is 1.97. The quantitative estimate of drug-likeness (QED) is 0.463. The molecule has 11 heavy (non-hydrogen) atoms. The van der Waals surface area contributed by atoms with Crippen LogP contribution in [0.25, 0.3) is 0 Å². The molecule has 0 aromatic rings. The molecule has 0 unspecified atom stereocenters. The van der Waals surface area contributed by atoms with Gasteiger partial charge in [-0.1, -0.05) is 19.8 Å². The third kappa shape index (κ3) is 7.33. The summed E-state index contributed by atoms with van der Waals surface area (Å²) in [5.41, 5.74) is 0. The maximum absolute atomic E-state index is 10.7. The second kappa shape index (κ2) is 7.54. The number of rotatable bonds is 6. The molecule has 3 heteroatoms. The van der Waals surface area contributed by atoms with E-state index in [-0.39, 0.29) is 5.97 Å². The molecule has 0 heterocycles. The van der Waals surface area contributed by atoms with E-state index in [0.29, 0.717) is 13.2 Å². The monoisotopic (exact) mass is 159 g/mol. The molecule has 66 valence electrons. The number of carbonyl (C=O) groups is 1. The van der Waals surface area contributed by atoms with E-state index in [4.69, 9.17) is 4.74 Å². The fraction of sp³-hybridized carbons (Fsp3) is 0.875. The molecule has 0 radical (unpaired) electrons. The lowest BCUT2D eigenvalue weighted by molar-refractivity contribution is -0.142. The van der Waals surface area contributed by atoms with E-state index in [1.165, 1.54) is 0 Å². The van der Waals surface area contributed by atoms with E-state index in [1.807, 2.05) is 0 Å². The first-order valence-electron chi connectivity index (χ1n) is 4.11. The number of hydrogen-bond donors (Lipinski definition) is 1. The average Bonchev–Trinajstić information content (AvgIpc) is 1.99. The molecule has 0 rings (SSSR count). The predicted octanol–water partition coefficient (Wildman–Crippen LogP) is 0.939. The summed E-state index contributed by atoms with van der Waals surface area (Å²) in [5, 5.41) is 2.73. The summed E-state index contributed by atoms with van der Waals surface area (Å²) in [6.45, 7) is 3.00. The third-order valence-electron chi connectivity index (χ3n) is 1.33. The van der Waals surface area contributed by atoms with E-state index in [2.05, 4.69) is 12.2 Å². The first-order valence-corrected chi connectivity index (χ1v) is 4.11. The summed E-state index contributed by atoms with van der Waals surface area (Å²) < 4.78 is 4.88. The largest absolute Gasteiger partial charge is 0.465 e. The Kier molecular flexibility index (Phi) is 7.15. The molecule has 1 N–H and O–H groups in total. The molecule has 0 amide bonds. The van der Waals surface area contributed by atoms with Gasteiger partial charge in [-0.05, 0) is 13.5 Å². The van der Waals surface area contributed by atoms with Gasteiger partial charge in [0.25, 0.3) is 0 Å². The number of carbonyl (C=O) groups excluding carboxylic acids is 1. The Hall–Kier alpha value is -0.570. The fourth-order valence-electron chi connectivity index (χ4n) is 0.733. The van der Waals surface area contributed by atoms with E-state index in [0.717, 1.165) is 19.3 Å². The lowest BCUT2D eigenvalue weighted by atomic mass is 10.3. The van der Waals surface area contributed by atoms with Gasteiger partial charge in [0.2, 0.25) is 0 Å². The van der Waals surface area contributed by atoms with Crippen LogP contribution in [0.1, 0.15) is 26.2 Å². The molecule has 0 aliphatic carbocycles. The third-order valence-corrected chi connectivity index (χ3v) is 1.33. The molecule has 0 spiro atoms. The average molecular weight is 159 g/mol. The van der Waals surface area contributed by atoms with Crippen molar-refractivity contribution in [3.63, 3.8) is 0 Å². The minimum atomic E-state index is -0.163. The van der Waals surface area contributed by atoms with Crippen LogP contribution in [0, 0.1) is 0 Å². The molecular formula is C8H17NO2. The van der Waals surface area contributed by atoms with Crippen LogP contribution in [0.5, 0.6) is 0 Å². The van der Waals surface area contributed by atoms with Crippen molar-refractivity contribution < 1.29 is 9.53 Å². The van der Waals surface area contributed by atoms with Crippen LogP contribution in [0.3, 0.4) is 0 Å². The van der Waals surface area contributed by atoms with E-state index in [9.17, 15) is 4.79 Å². The molecule has 0 atom stereocenters. The molecule has 0 aromatic heterocycles. The van der Waals surface area contributed by atoms with Gasteiger partial charge in [0.15, 0.2) is 0 Å². The highest BCUT2D eigenvalue weighted by molar-refractivity contribution is 5.71. The Morgan fingerprint density at radius 3 is 2.73 bits per heavy atom. The standard InChI is InChI=1S/C8H17NO2/c1-3-4-5-6-11-8(10)7-9-2/h9H,3-7H2,1-2H3. The van der Waals surface area contributed by atoms with Crippen LogP contribution >= 0.6 is 0 Å². The van der Waals surface area contributed by atoms with Gasteiger partial charge in [0, 0.05) is 0 Å². The number of likely N-dealkylation sites (N-methyl/N-ethyl adjacent to an activating group) is 1. The Balaban J connectivity index is 3.04. The highest BCUT2D eigenvalue weighted by Crippen LogP contribution is 1.93. The zero-order chi connectivity index (χ0) is 8.53. The molecule has 3 nitrogen and oxygen atoms in total. The van der Waals surface area contributed by atoms with E-state index in [1.54, 1.807) is 7.05 Å². The summed E-state index contributed by atoms with van der Waals surface area (Å²) in [4.78, 5) is 10.7. The fourth-order valence-corrected chi connectivity index (χ4v) is 0.733. The maximum Gasteiger partial charge on any atom is 0.319 e. The van der Waals surface area contributed by atoms with Gasteiger partial charge in [-0.15, -0.1) is 0 Å². The molecule has 0 aliphatic rings. The lowest BCUT2D eigenvalue weighted by Crippen LogP contribution is -2.21. The van der Waals surface area contributed by atoms with Gasteiger partial charge in [-0.2, -0.15) is 0 Å². The predicted molar refractivity (Wildman–Crippen MR) is 44.4 cm³/mol. The summed E-state index contributed by atoms with van der Waals surface area (Å²) in [6, 6.07) is 0. The molecular weight excluding hydrogens is 142 g/mol. The normalized spacial score (nSPS) is 9.64. The number of hydrogen-bond acceptors (Lipinski definition) is 3. The second-order valence-electron chi connectivity index (χ2n) is 2.46. The van der Waals surface area contributed by atoms with E-state index < -0.39 is 0 Å². The molecule has 0 aromatic carbocycles. The zero-order valence-electron chi connectivity index (χ0n) is 7.35. The molecule has 0 saturated heterocycles. The minimum Gasteiger partial charge on any atom is -0.465 e. The number of esters is 1. The second-order valence-corrected chi connectivity index (χ2v) is 2.46. The van der Waals surface area contributed by atoms with Gasteiger partial charge in [0.05, 0.1) is 13.2 Å². The van der Waals surface area contributed by atoms with Crippen molar-refractivity contribution in [2.75, 3.05) is 20.2 Å². The van der Waals surface area contributed by atoms with Crippen molar-refractivity contribution in [2.24, 2.45) is 0 Å². The van der Waals surface area contributed by atoms with Gasteiger partial charge < -0.3 is 10.1 Å². The van der Waals surface area contributed by atoms with Crippen molar-refractivity contribution in [2.45, 2.75) is 26.2 Å². The smallest absolute Gasteiger partial charge is 0.319 e. The van der Waals surface area contributed by atoms with Crippen LogP contribution in [0.2, 0.25) is 0 Å². The summed E-state index contributed by atoms with van der Waals surface area (Å²) in [5.74, 6) is -0.163. The summed E-state index contributed by atoms with van der Waals surface area (Å²) in [7, 11) is 1.73. The van der Waals surface area contributed by atoms with Crippen LogP contribution in [0.4, 0.5) is 0 Å². The Bertz CT molecular complexity index is 104. The first kappa shape index (κ1) is 10.4. The van der Waals surface area contributed by atoms with Crippen LogP contribution in [-0.4, -0.2) is 26.2 Å². The molecule has 0 saturated carbocycles. The van der Waals surface area contributed by atoms with Crippen molar-refractivity contribution in [1.82, 2.24) is 5.32 Å². The van der Waals surface area contributed by atoms with Gasteiger partial charge in [-0.3, -0.25) is 4.79 Å². The van der Waals surface area contributed by atoms with Crippen molar-refractivity contribution >= 4 is 5.97 Å². The minimum absolute atomic E-state index is 0.163. The van der Waals surface area contributed by atoms with E-state index >= 15 is 0 Å². The maximum atomic E-state index is 10.7.